The number of carbonyl (C=O) groups is 1. The number of hydrogen-bond acceptors (Lipinski definition) is 2. The highest BCUT2D eigenvalue weighted by Crippen LogP contribution is 2.19. The van der Waals surface area contributed by atoms with Crippen molar-refractivity contribution in [3.05, 3.63) is 0 Å². The zero-order chi connectivity index (χ0) is 9.28. The molecule has 4 nitrogen and oxygen atoms in total. The molecule has 0 rings (SSSR count). The first kappa shape index (κ1) is 10.4. The van der Waals surface area contributed by atoms with Crippen LogP contribution in [0.4, 0.5) is 0 Å². The molecule has 1 atom stereocenters. The second-order valence-corrected chi connectivity index (χ2v) is 3.49. The fraction of sp³-hybridized carbons (Fsp3) is 0.857. The van der Waals surface area contributed by atoms with Crippen LogP contribution < -0.4 is 0 Å². The Morgan fingerprint density at radius 1 is 1.45 bits per heavy atom. The van der Waals surface area contributed by atoms with Gasteiger partial charge in [0.15, 0.2) is 0 Å². The number of aliphatic hydroxyl groups is 1. The van der Waals surface area contributed by atoms with Crippen LogP contribution in [-0.4, -0.2) is 47.5 Å². The Kier molecular flexibility index (Phi) is 2.64. The lowest BCUT2D eigenvalue weighted by Gasteiger charge is -2.37. The first-order valence-corrected chi connectivity index (χ1v) is 3.53. The molecule has 0 fully saturated rings. The first-order chi connectivity index (χ1) is 4.75. The number of carboxylic acids is 1. The molecule has 66 valence electrons. The van der Waals surface area contributed by atoms with E-state index in [-0.39, 0.29) is 10.9 Å². The highest BCUT2D eigenvalue weighted by Gasteiger charge is 2.47. The van der Waals surface area contributed by atoms with E-state index in [2.05, 4.69) is 0 Å². The second-order valence-electron chi connectivity index (χ2n) is 3.49. The molecule has 0 amide bonds. The van der Waals surface area contributed by atoms with Crippen LogP contribution in [0, 0.1) is 0 Å². The van der Waals surface area contributed by atoms with E-state index in [0.29, 0.717) is 0 Å². The lowest BCUT2D eigenvalue weighted by Crippen LogP contribution is -2.61. The number of nitrogens with zero attached hydrogens (tertiary/aromatic N) is 1. The lowest BCUT2D eigenvalue weighted by atomic mass is 10.1. The van der Waals surface area contributed by atoms with Crippen LogP contribution in [0.2, 0.25) is 0 Å². The van der Waals surface area contributed by atoms with E-state index >= 15 is 0 Å². The quantitative estimate of drug-likeness (QED) is 0.449. The van der Waals surface area contributed by atoms with Gasteiger partial charge in [0.25, 0.3) is 5.72 Å². The van der Waals surface area contributed by atoms with Crippen LogP contribution in [0.15, 0.2) is 0 Å². The molecule has 4 heteroatoms. The SMILES string of the molecule is CCC(O)(C(=O)O)[N+](C)(C)C. The molecule has 0 aromatic rings. The van der Waals surface area contributed by atoms with E-state index in [9.17, 15) is 9.90 Å². The van der Waals surface area contributed by atoms with Gasteiger partial charge in [0.05, 0.1) is 21.1 Å². The molecule has 0 radical (unpaired) electrons. The maximum Gasteiger partial charge on any atom is 0.395 e. The Balaban J connectivity index is 4.75. The summed E-state index contributed by atoms with van der Waals surface area (Å²) in [6.45, 7) is 1.65. The van der Waals surface area contributed by atoms with Gasteiger partial charge in [-0.1, -0.05) is 6.92 Å². The van der Waals surface area contributed by atoms with Crippen LogP contribution in [-0.2, 0) is 4.79 Å². The van der Waals surface area contributed by atoms with Gasteiger partial charge in [-0.05, 0) is 0 Å². The number of hydrogen-bond donors (Lipinski definition) is 2. The molecule has 0 aromatic heterocycles. The van der Waals surface area contributed by atoms with Gasteiger partial charge in [-0.25, -0.2) is 4.79 Å². The highest BCUT2D eigenvalue weighted by molar-refractivity contribution is 5.74. The third-order valence-electron chi connectivity index (χ3n) is 1.95. The lowest BCUT2D eigenvalue weighted by molar-refractivity contribution is -0.939. The fourth-order valence-corrected chi connectivity index (χ4v) is 0.912. The number of rotatable bonds is 3. The van der Waals surface area contributed by atoms with Gasteiger partial charge < -0.3 is 10.2 Å². The summed E-state index contributed by atoms with van der Waals surface area (Å²) in [5.41, 5.74) is -1.67. The Hall–Kier alpha value is -0.610. The molecule has 0 heterocycles. The standard InChI is InChI=1S/C7H15NO3/c1-5-7(11,6(9)10)8(2,3)4/h11H,5H2,1-4H3/p+1. The molecule has 0 aromatic carbocycles. The molecule has 0 aliphatic heterocycles. The summed E-state index contributed by atoms with van der Waals surface area (Å²) < 4.78 is 0.0127. The van der Waals surface area contributed by atoms with E-state index < -0.39 is 11.7 Å². The smallest absolute Gasteiger partial charge is 0.395 e. The van der Waals surface area contributed by atoms with Crippen molar-refractivity contribution in [2.75, 3.05) is 21.1 Å². The molecule has 0 spiro atoms. The van der Waals surface area contributed by atoms with Crippen LogP contribution in [0.5, 0.6) is 0 Å². The van der Waals surface area contributed by atoms with Crippen LogP contribution >= 0.6 is 0 Å². The third kappa shape index (κ3) is 1.70. The summed E-state index contributed by atoms with van der Waals surface area (Å²) in [7, 11) is 4.95. The first-order valence-electron chi connectivity index (χ1n) is 3.53. The Labute approximate surface area is 66.6 Å². The van der Waals surface area contributed by atoms with Crippen molar-refractivity contribution in [2.45, 2.75) is 19.1 Å². The van der Waals surface area contributed by atoms with Crippen molar-refractivity contribution < 1.29 is 19.5 Å². The summed E-state index contributed by atoms with van der Waals surface area (Å²) >= 11 is 0. The van der Waals surface area contributed by atoms with Crippen molar-refractivity contribution in [1.82, 2.24) is 0 Å². The molecule has 0 aliphatic carbocycles. The molecular weight excluding hydrogens is 146 g/mol. The van der Waals surface area contributed by atoms with E-state index in [0.717, 1.165) is 0 Å². The van der Waals surface area contributed by atoms with Crippen LogP contribution in [0.1, 0.15) is 13.3 Å². The molecule has 11 heavy (non-hydrogen) atoms. The number of carboxylic acid groups (broad SMARTS) is 1. The summed E-state index contributed by atoms with van der Waals surface area (Å²) in [5.74, 6) is -1.17. The topological polar surface area (TPSA) is 57.5 Å². The maximum atomic E-state index is 10.6. The summed E-state index contributed by atoms with van der Waals surface area (Å²) in [6, 6.07) is 0. The van der Waals surface area contributed by atoms with Crippen LogP contribution in [0.25, 0.3) is 0 Å². The third-order valence-corrected chi connectivity index (χ3v) is 1.95. The molecule has 1 unspecified atom stereocenters. The Morgan fingerprint density at radius 2 is 1.82 bits per heavy atom. The van der Waals surface area contributed by atoms with E-state index in [1.165, 1.54) is 0 Å². The van der Waals surface area contributed by atoms with Gasteiger partial charge >= 0.3 is 5.97 Å². The average molecular weight is 162 g/mol. The van der Waals surface area contributed by atoms with Crippen LogP contribution in [0.3, 0.4) is 0 Å². The average Bonchev–Trinajstić information content (AvgIpc) is 1.83. The zero-order valence-corrected chi connectivity index (χ0v) is 7.46. The Morgan fingerprint density at radius 3 is 1.82 bits per heavy atom. The Bertz CT molecular complexity index is 162. The monoisotopic (exact) mass is 162 g/mol. The van der Waals surface area contributed by atoms with E-state index in [1.807, 2.05) is 0 Å². The van der Waals surface area contributed by atoms with Crippen molar-refractivity contribution >= 4 is 5.97 Å². The second kappa shape index (κ2) is 2.79. The number of aliphatic carboxylic acids is 1. The summed E-state index contributed by atoms with van der Waals surface area (Å²) in [6.07, 6.45) is 0.200. The normalized spacial score (nSPS) is 17.5. The number of quaternary nitrogens is 1. The van der Waals surface area contributed by atoms with E-state index in [1.54, 1.807) is 28.1 Å². The molecule has 2 N–H and O–H groups in total. The van der Waals surface area contributed by atoms with Crippen molar-refractivity contribution in [3.63, 3.8) is 0 Å². The van der Waals surface area contributed by atoms with Crippen molar-refractivity contribution in [3.8, 4) is 0 Å². The molecule has 0 aliphatic rings. The minimum absolute atomic E-state index is 0.0127. The number of likely N-dealkylation sites (N-methyl/N-ethyl adjacent to an activating group) is 1. The largest absolute Gasteiger partial charge is 0.475 e. The van der Waals surface area contributed by atoms with Gasteiger partial charge in [-0.15, -0.1) is 0 Å². The maximum absolute atomic E-state index is 10.6. The van der Waals surface area contributed by atoms with Gasteiger partial charge in [0.1, 0.15) is 0 Å². The highest BCUT2D eigenvalue weighted by atomic mass is 16.4. The predicted octanol–water partition coefficient (Wildman–Crippen LogP) is -0.124. The van der Waals surface area contributed by atoms with Crippen molar-refractivity contribution in [2.24, 2.45) is 0 Å². The van der Waals surface area contributed by atoms with E-state index in [4.69, 9.17) is 5.11 Å². The predicted molar refractivity (Wildman–Crippen MR) is 40.9 cm³/mol. The molecule has 0 saturated heterocycles. The van der Waals surface area contributed by atoms with Crippen molar-refractivity contribution in [1.29, 1.82) is 0 Å². The summed E-state index contributed by atoms with van der Waals surface area (Å²) in [5, 5.41) is 18.3. The minimum Gasteiger partial charge on any atom is -0.475 e. The fourth-order valence-electron chi connectivity index (χ4n) is 0.912. The minimum atomic E-state index is -1.67. The van der Waals surface area contributed by atoms with Gasteiger partial charge in [0, 0.05) is 6.42 Å². The molecule has 0 bridgehead atoms. The van der Waals surface area contributed by atoms with Gasteiger partial charge in [0.2, 0.25) is 0 Å². The molecular formula is C7H16NO3+. The zero-order valence-electron chi connectivity index (χ0n) is 7.46. The van der Waals surface area contributed by atoms with Gasteiger partial charge in [-0.2, -0.15) is 0 Å². The summed E-state index contributed by atoms with van der Waals surface area (Å²) in [4.78, 5) is 10.6. The molecule has 0 saturated carbocycles. The van der Waals surface area contributed by atoms with Gasteiger partial charge in [-0.3, -0.25) is 4.48 Å².